The highest BCUT2D eigenvalue weighted by Crippen LogP contribution is 2.47. The van der Waals surface area contributed by atoms with Gasteiger partial charge in [-0.05, 0) is 55.8 Å². The van der Waals surface area contributed by atoms with Crippen LogP contribution >= 0.6 is 0 Å². The molecule has 0 unspecified atom stereocenters. The molecule has 1 aromatic carbocycles. The molecule has 3 nitrogen and oxygen atoms in total. The molecule has 3 rings (SSSR count). The van der Waals surface area contributed by atoms with Crippen LogP contribution in [0.5, 0.6) is 5.75 Å². The molecule has 1 aromatic heterocycles. The smallest absolute Gasteiger partial charge is 0.176 e. The minimum Gasteiger partial charge on any atom is -0.493 e. The third kappa shape index (κ3) is 2.93. The molecular weight excluding hydrogens is 262 g/mol. The van der Waals surface area contributed by atoms with E-state index in [4.69, 9.17) is 9.15 Å². The van der Waals surface area contributed by atoms with E-state index in [-0.39, 0.29) is 0 Å². The number of furan rings is 1. The summed E-state index contributed by atoms with van der Waals surface area (Å²) in [6.07, 6.45) is 2.56. The van der Waals surface area contributed by atoms with Gasteiger partial charge in [0.2, 0.25) is 0 Å². The van der Waals surface area contributed by atoms with E-state index in [2.05, 4.69) is 32.2 Å². The Morgan fingerprint density at radius 3 is 2.71 bits per heavy atom. The van der Waals surface area contributed by atoms with Crippen molar-refractivity contribution in [2.75, 3.05) is 13.7 Å². The van der Waals surface area contributed by atoms with E-state index < -0.39 is 0 Å². The van der Waals surface area contributed by atoms with Gasteiger partial charge in [0.25, 0.3) is 0 Å². The predicted molar refractivity (Wildman–Crippen MR) is 86.0 cm³/mol. The molecule has 0 amide bonds. The van der Waals surface area contributed by atoms with Crippen molar-refractivity contribution in [3.8, 4) is 5.75 Å². The average molecular weight is 287 g/mol. The first-order valence-corrected chi connectivity index (χ1v) is 7.90. The van der Waals surface area contributed by atoms with E-state index in [0.29, 0.717) is 11.8 Å². The quantitative estimate of drug-likeness (QED) is 0.856. The lowest BCUT2D eigenvalue weighted by Crippen LogP contribution is -2.19. The van der Waals surface area contributed by atoms with Gasteiger partial charge in [0.05, 0.1) is 13.7 Å². The van der Waals surface area contributed by atoms with Crippen LogP contribution in [0.15, 0.2) is 16.5 Å². The molecule has 0 bridgehead atoms. The Bertz CT molecular complexity index is 638. The van der Waals surface area contributed by atoms with E-state index in [9.17, 15) is 0 Å². The highest BCUT2D eigenvalue weighted by Gasteiger charge is 2.31. The number of fused-ring (bicyclic) bond motifs is 1. The largest absolute Gasteiger partial charge is 0.493 e. The topological polar surface area (TPSA) is 34.4 Å². The van der Waals surface area contributed by atoms with E-state index in [1.54, 1.807) is 7.11 Å². The van der Waals surface area contributed by atoms with Gasteiger partial charge in [-0.15, -0.1) is 0 Å². The number of rotatable bonds is 6. The number of ether oxygens (including phenoxy) is 1. The monoisotopic (exact) mass is 287 g/mol. The van der Waals surface area contributed by atoms with Crippen LogP contribution in [0.3, 0.4) is 0 Å². The van der Waals surface area contributed by atoms with Crippen molar-refractivity contribution in [2.24, 2.45) is 5.92 Å². The molecule has 0 spiro atoms. The molecule has 1 aliphatic rings. The minimum absolute atomic E-state index is 0.649. The van der Waals surface area contributed by atoms with E-state index in [0.717, 1.165) is 30.2 Å². The number of nitrogens with one attached hydrogen (secondary N) is 1. The number of hydrogen-bond donors (Lipinski definition) is 1. The zero-order chi connectivity index (χ0) is 15.0. The molecule has 1 saturated carbocycles. The number of hydrogen-bond acceptors (Lipinski definition) is 3. The first-order valence-electron chi connectivity index (χ1n) is 7.90. The third-order valence-electron chi connectivity index (χ3n) is 4.06. The standard InChI is InChI=1S/C18H25NO2/c1-11(2)9-19-10-16-17(13-5-6-13)14-7-12(3)8-15(20-4)18(14)21-16/h7-8,11,13,19H,5-6,9-10H2,1-4H3. The van der Waals surface area contributed by atoms with Gasteiger partial charge in [-0.2, -0.15) is 0 Å². The average Bonchev–Trinajstić information content (AvgIpc) is 3.20. The molecule has 114 valence electrons. The molecule has 0 aliphatic heterocycles. The van der Waals surface area contributed by atoms with Gasteiger partial charge in [0.1, 0.15) is 5.76 Å². The van der Waals surface area contributed by atoms with Crippen molar-refractivity contribution < 1.29 is 9.15 Å². The van der Waals surface area contributed by atoms with Gasteiger partial charge < -0.3 is 14.5 Å². The fourth-order valence-electron chi connectivity index (χ4n) is 2.95. The van der Waals surface area contributed by atoms with Crippen LogP contribution in [-0.4, -0.2) is 13.7 Å². The molecule has 1 heterocycles. The molecule has 2 aromatic rings. The first kappa shape index (κ1) is 14.5. The van der Waals surface area contributed by atoms with Crippen LogP contribution in [0.25, 0.3) is 11.0 Å². The van der Waals surface area contributed by atoms with Crippen molar-refractivity contribution >= 4 is 11.0 Å². The summed E-state index contributed by atoms with van der Waals surface area (Å²) in [5.74, 6) is 3.27. The van der Waals surface area contributed by atoms with Crippen LogP contribution in [0.2, 0.25) is 0 Å². The zero-order valence-electron chi connectivity index (χ0n) is 13.5. The summed E-state index contributed by atoms with van der Waals surface area (Å²) in [7, 11) is 1.71. The fourth-order valence-corrected chi connectivity index (χ4v) is 2.95. The van der Waals surface area contributed by atoms with Crippen LogP contribution in [0.1, 0.15) is 49.5 Å². The highest BCUT2D eigenvalue weighted by atomic mass is 16.5. The fraction of sp³-hybridized carbons (Fsp3) is 0.556. The maximum absolute atomic E-state index is 6.17. The summed E-state index contributed by atoms with van der Waals surface area (Å²) in [5.41, 5.74) is 3.54. The SMILES string of the molecule is COc1cc(C)cc2c(C3CC3)c(CNCC(C)C)oc12. The summed E-state index contributed by atoms with van der Waals surface area (Å²) < 4.78 is 11.7. The lowest BCUT2D eigenvalue weighted by molar-refractivity contribution is 0.404. The lowest BCUT2D eigenvalue weighted by Gasteiger charge is -2.07. The highest BCUT2D eigenvalue weighted by molar-refractivity contribution is 5.89. The second kappa shape index (κ2) is 5.72. The van der Waals surface area contributed by atoms with Crippen molar-refractivity contribution in [3.63, 3.8) is 0 Å². The summed E-state index contributed by atoms with van der Waals surface area (Å²) in [4.78, 5) is 0. The Labute approximate surface area is 126 Å². The number of aryl methyl sites for hydroxylation is 1. The molecular formula is C18H25NO2. The second-order valence-electron chi connectivity index (χ2n) is 6.58. The van der Waals surface area contributed by atoms with Crippen LogP contribution in [-0.2, 0) is 6.54 Å². The normalized spacial score (nSPS) is 15.1. The Hall–Kier alpha value is -1.48. The predicted octanol–water partition coefficient (Wildman–Crippen LogP) is 4.37. The summed E-state index contributed by atoms with van der Waals surface area (Å²) in [6, 6.07) is 4.29. The molecule has 1 N–H and O–H groups in total. The third-order valence-corrected chi connectivity index (χ3v) is 4.06. The van der Waals surface area contributed by atoms with Crippen molar-refractivity contribution in [3.05, 3.63) is 29.0 Å². The van der Waals surface area contributed by atoms with Gasteiger partial charge in [0.15, 0.2) is 11.3 Å². The summed E-state index contributed by atoms with van der Waals surface area (Å²) in [5, 5.41) is 4.75. The molecule has 0 saturated heterocycles. The van der Waals surface area contributed by atoms with Crippen LogP contribution in [0.4, 0.5) is 0 Å². The van der Waals surface area contributed by atoms with Crippen molar-refractivity contribution in [1.29, 1.82) is 0 Å². The number of methoxy groups -OCH3 is 1. The Kier molecular flexibility index (Phi) is 3.94. The molecule has 21 heavy (non-hydrogen) atoms. The Balaban J connectivity index is 2.00. The zero-order valence-corrected chi connectivity index (χ0v) is 13.5. The first-order chi connectivity index (χ1) is 10.1. The minimum atomic E-state index is 0.649. The maximum atomic E-state index is 6.17. The van der Waals surface area contributed by atoms with Gasteiger partial charge >= 0.3 is 0 Å². The Morgan fingerprint density at radius 1 is 1.33 bits per heavy atom. The number of benzene rings is 1. The molecule has 1 fully saturated rings. The molecule has 0 atom stereocenters. The van der Waals surface area contributed by atoms with E-state index in [1.807, 2.05) is 6.07 Å². The van der Waals surface area contributed by atoms with Gasteiger partial charge in [-0.25, -0.2) is 0 Å². The lowest BCUT2D eigenvalue weighted by atomic mass is 10.0. The summed E-state index contributed by atoms with van der Waals surface area (Å²) in [6.45, 7) is 8.38. The Morgan fingerprint density at radius 2 is 2.10 bits per heavy atom. The molecule has 3 heteroatoms. The van der Waals surface area contributed by atoms with Gasteiger partial charge in [-0.3, -0.25) is 0 Å². The molecule has 1 aliphatic carbocycles. The van der Waals surface area contributed by atoms with E-state index in [1.165, 1.54) is 29.4 Å². The van der Waals surface area contributed by atoms with Crippen molar-refractivity contribution in [2.45, 2.75) is 46.1 Å². The van der Waals surface area contributed by atoms with Crippen LogP contribution in [0, 0.1) is 12.8 Å². The van der Waals surface area contributed by atoms with Gasteiger partial charge in [0, 0.05) is 10.9 Å². The van der Waals surface area contributed by atoms with Crippen molar-refractivity contribution in [1.82, 2.24) is 5.32 Å². The molecule has 0 radical (unpaired) electrons. The second-order valence-corrected chi connectivity index (χ2v) is 6.58. The van der Waals surface area contributed by atoms with Crippen LogP contribution < -0.4 is 10.1 Å². The van der Waals surface area contributed by atoms with Gasteiger partial charge in [-0.1, -0.05) is 13.8 Å². The van der Waals surface area contributed by atoms with E-state index >= 15 is 0 Å². The summed E-state index contributed by atoms with van der Waals surface area (Å²) >= 11 is 0. The maximum Gasteiger partial charge on any atom is 0.176 e.